The van der Waals surface area contributed by atoms with E-state index >= 15 is 0 Å². The molecule has 70 valence electrons. The van der Waals surface area contributed by atoms with Crippen LogP contribution in [-0.4, -0.2) is 4.98 Å². The minimum absolute atomic E-state index is 0.132. The van der Waals surface area contributed by atoms with Gasteiger partial charge in [0, 0.05) is 11.6 Å². The molecule has 1 aromatic heterocycles. The van der Waals surface area contributed by atoms with Gasteiger partial charge in [0.25, 0.3) is 0 Å². The Balaban J connectivity index is 2.36. The smallest absolute Gasteiger partial charge is 0.144 e. The number of halogens is 1. The fourth-order valence-corrected chi connectivity index (χ4v) is 1.44. The van der Waals surface area contributed by atoms with Gasteiger partial charge in [-0.3, -0.25) is 4.98 Å². The normalized spacial score (nSPS) is 16.6. The third-order valence-corrected chi connectivity index (χ3v) is 2.45. The van der Waals surface area contributed by atoms with Crippen LogP contribution in [0.4, 0.5) is 4.39 Å². The Labute approximate surface area is 78.0 Å². The standard InChI is InChI=1S/C11H14FN/c1-7(2)10-6-5-9(12)11(13-10)8-3-4-8/h5-8H,3-4H2,1-2H3. The molecular weight excluding hydrogens is 165 g/mol. The summed E-state index contributed by atoms with van der Waals surface area (Å²) < 4.78 is 13.3. The second kappa shape index (κ2) is 3.09. The van der Waals surface area contributed by atoms with Crippen molar-refractivity contribution in [3.05, 3.63) is 29.3 Å². The number of hydrogen-bond donors (Lipinski definition) is 0. The maximum atomic E-state index is 13.3. The van der Waals surface area contributed by atoms with Crippen molar-refractivity contribution >= 4 is 0 Å². The van der Waals surface area contributed by atoms with Crippen molar-refractivity contribution in [1.29, 1.82) is 0 Å². The molecule has 13 heavy (non-hydrogen) atoms. The lowest BCUT2D eigenvalue weighted by molar-refractivity contribution is 0.594. The van der Waals surface area contributed by atoms with Crippen molar-refractivity contribution in [2.45, 2.75) is 38.5 Å². The first-order valence-electron chi connectivity index (χ1n) is 4.85. The highest BCUT2D eigenvalue weighted by atomic mass is 19.1. The maximum Gasteiger partial charge on any atom is 0.144 e. The molecule has 0 radical (unpaired) electrons. The van der Waals surface area contributed by atoms with Crippen LogP contribution in [0.25, 0.3) is 0 Å². The van der Waals surface area contributed by atoms with Crippen LogP contribution in [0.2, 0.25) is 0 Å². The molecule has 0 unspecified atom stereocenters. The van der Waals surface area contributed by atoms with Crippen LogP contribution in [0.15, 0.2) is 12.1 Å². The van der Waals surface area contributed by atoms with Gasteiger partial charge >= 0.3 is 0 Å². The zero-order valence-electron chi connectivity index (χ0n) is 8.05. The highest BCUT2D eigenvalue weighted by molar-refractivity contribution is 5.21. The quantitative estimate of drug-likeness (QED) is 0.679. The summed E-state index contributed by atoms with van der Waals surface area (Å²) in [6.45, 7) is 4.16. The lowest BCUT2D eigenvalue weighted by Gasteiger charge is -2.07. The molecule has 1 aromatic rings. The summed E-state index contributed by atoms with van der Waals surface area (Å²) in [5.41, 5.74) is 1.69. The van der Waals surface area contributed by atoms with Gasteiger partial charge in [0.15, 0.2) is 0 Å². The second-order valence-electron chi connectivity index (χ2n) is 4.03. The first kappa shape index (κ1) is 8.67. The SMILES string of the molecule is CC(C)c1ccc(F)c(C2CC2)n1. The molecule has 0 aromatic carbocycles. The summed E-state index contributed by atoms with van der Waals surface area (Å²) in [5.74, 6) is 0.656. The van der Waals surface area contributed by atoms with E-state index in [-0.39, 0.29) is 5.82 Å². The number of hydrogen-bond acceptors (Lipinski definition) is 1. The van der Waals surface area contributed by atoms with Gasteiger partial charge in [0.1, 0.15) is 5.82 Å². The van der Waals surface area contributed by atoms with Crippen molar-refractivity contribution in [2.75, 3.05) is 0 Å². The van der Waals surface area contributed by atoms with Gasteiger partial charge < -0.3 is 0 Å². The number of rotatable bonds is 2. The molecule has 1 aliphatic carbocycles. The number of pyridine rings is 1. The van der Waals surface area contributed by atoms with E-state index in [1.165, 1.54) is 0 Å². The van der Waals surface area contributed by atoms with E-state index in [1.54, 1.807) is 12.1 Å². The van der Waals surface area contributed by atoms with Crippen LogP contribution in [0.1, 0.15) is 49.9 Å². The molecule has 2 heteroatoms. The van der Waals surface area contributed by atoms with E-state index < -0.39 is 0 Å². The summed E-state index contributed by atoms with van der Waals surface area (Å²) in [5, 5.41) is 0. The van der Waals surface area contributed by atoms with E-state index in [1.807, 2.05) is 0 Å². The lowest BCUT2D eigenvalue weighted by Crippen LogP contribution is -1.99. The van der Waals surface area contributed by atoms with Crippen molar-refractivity contribution < 1.29 is 4.39 Å². The molecule has 0 spiro atoms. The Hall–Kier alpha value is -0.920. The third kappa shape index (κ3) is 1.71. The van der Waals surface area contributed by atoms with Crippen molar-refractivity contribution in [1.82, 2.24) is 4.98 Å². The summed E-state index contributed by atoms with van der Waals surface area (Å²) in [6, 6.07) is 3.34. The fraction of sp³-hybridized carbons (Fsp3) is 0.545. The molecule has 1 heterocycles. The van der Waals surface area contributed by atoms with E-state index in [9.17, 15) is 4.39 Å². The van der Waals surface area contributed by atoms with Crippen LogP contribution in [-0.2, 0) is 0 Å². The maximum absolute atomic E-state index is 13.3. The summed E-state index contributed by atoms with van der Waals surface area (Å²) >= 11 is 0. The van der Waals surface area contributed by atoms with Gasteiger partial charge in [-0.15, -0.1) is 0 Å². The van der Waals surface area contributed by atoms with E-state index in [2.05, 4.69) is 18.8 Å². The van der Waals surface area contributed by atoms with Gasteiger partial charge in [-0.1, -0.05) is 13.8 Å². The van der Waals surface area contributed by atoms with Crippen molar-refractivity contribution in [3.8, 4) is 0 Å². The predicted molar refractivity (Wildman–Crippen MR) is 50.3 cm³/mol. The monoisotopic (exact) mass is 179 g/mol. The molecule has 0 N–H and O–H groups in total. The zero-order chi connectivity index (χ0) is 9.42. The molecule has 0 saturated heterocycles. The molecule has 0 bridgehead atoms. The molecule has 1 nitrogen and oxygen atoms in total. The van der Waals surface area contributed by atoms with Crippen LogP contribution < -0.4 is 0 Å². The van der Waals surface area contributed by atoms with Crippen molar-refractivity contribution in [2.24, 2.45) is 0 Å². The van der Waals surface area contributed by atoms with Gasteiger partial charge in [-0.05, 0) is 30.9 Å². The summed E-state index contributed by atoms with van der Waals surface area (Å²) in [7, 11) is 0. The second-order valence-corrected chi connectivity index (χ2v) is 4.03. The van der Waals surface area contributed by atoms with Crippen LogP contribution in [0, 0.1) is 5.82 Å². The van der Waals surface area contributed by atoms with Crippen LogP contribution >= 0.6 is 0 Å². The Morgan fingerprint density at radius 2 is 2.08 bits per heavy atom. The lowest BCUT2D eigenvalue weighted by atomic mass is 10.1. The summed E-state index contributed by atoms with van der Waals surface area (Å²) in [6.07, 6.45) is 2.21. The minimum atomic E-state index is -0.132. The first-order valence-corrected chi connectivity index (χ1v) is 4.85. The molecule has 0 aliphatic heterocycles. The zero-order valence-corrected chi connectivity index (χ0v) is 8.05. The Bertz CT molecular complexity index is 316. The highest BCUT2D eigenvalue weighted by Gasteiger charge is 2.28. The fourth-order valence-electron chi connectivity index (χ4n) is 1.44. The largest absolute Gasteiger partial charge is 0.254 e. The highest BCUT2D eigenvalue weighted by Crippen LogP contribution is 2.40. The van der Waals surface area contributed by atoms with Gasteiger partial charge in [-0.25, -0.2) is 4.39 Å². The molecule has 2 rings (SSSR count). The van der Waals surface area contributed by atoms with E-state index in [0.29, 0.717) is 17.5 Å². The predicted octanol–water partition coefficient (Wildman–Crippen LogP) is 3.22. The molecule has 0 amide bonds. The first-order chi connectivity index (χ1) is 6.18. The molecular formula is C11H14FN. The van der Waals surface area contributed by atoms with E-state index in [4.69, 9.17) is 0 Å². The topological polar surface area (TPSA) is 12.9 Å². The molecule has 1 fully saturated rings. The summed E-state index contributed by atoms with van der Waals surface area (Å²) in [4.78, 5) is 4.36. The van der Waals surface area contributed by atoms with Gasteiger partial charge in [-0.2, -0.15) is 0 Å². The van der Waals surface area contributed by atoms with Gasteiger partial charge in [0.2, 0.25) is 0 Å². The van der Waals surface area contributed by atoms with Crippen LogP contribution in [0.5, 0.6) is 0 Å². The molecule has 1 saturated carbocycles. The van der Waals surface area contributed by atoms with Crippen LogP contribution in [0.3, 0.4) is 0 Å². The third-order valence-electron chi connectivity index (χ3n) is 2.45. The number of nitrogens with zero attached hydrogens (tertiary/aromatic N) is 1. The average molecular weight is 179 g/mol. The molecule has 1 aliphatic rings. The molecule has 0 atom stereocenters. The Kier molecular flexibility index (Phi) is 2.06. The van der Waals surface area contributed by atoms with Crippen molar-refractivity contribution in [3.63, 3.8) is 0 Å². The Morgan fingerprint density at radius 3 is 2.62 bits per heavy atom. The Morgan fingerprint density at radius 1 is 1.38 bits per heavy atom. The number of aromatic nitrogens is 1. The van der Waals surface area contributed by atoms with E-state index in [0.717, 1.165) is 18.5 Å². The average Bonchev–Trinajstić information content (AvgIpc) is 2.87. The minimum Gasteiger partial charge on any atom is -0.254 e. The van der Waals surface area contributed by atoms with Gasteiger partial charge in [0.05, 0.1) is 5.69 Å².